The first kappa shape index (κ1) is 13.3. The highest BCUT2D eigenvalue weighted by molar-refractivity contribution is 5.85. The Bertz CT molecular complexity index is 328. The molecule has 0 bridgehead atoms. The van der Waals surface area contributed by atoms with Crippen LogP contribution in [0.5, 0.6) is 0 Å². The lowest BCUT2D eigenvalue weighted by atomic mass is 10.5. The molecule has 3 amide bonds. The second kappa shape index (κ2) is 5.51. The number of likely N-dealkylation sites (N-methyl/N-ethyl adjacent to an activating group) is 2. The maximum Gasteiger partial charge on any atom is 0.323 e. The van der Waals surface area contributed by atoms with Crippen molar-refractivity contribution >= 4 is 17.9 Å². The average molecular weight is 243 g/mol. The predicted molar refractivity (Wildman–Crippen MR) is 59.5 cm³/mol. The third-order valence-corrected chi connectivity index (χ3v) is 2.35. The molecule has 0 aliphatic heterocycles. The number of carbonyl (C=O) groups excluding carboxylic acids is 2. The van der Waals surface area contributed by atoms with E-state index in [1.165, 1.54) is 19.0 Å². The highest BCUT2D eigenvalue weighted by atomic mass is 16.4. The number of rotatable bonds is 5. The number of hydrogen-bond acceptors (Lipinski definition) is 3. The second-order valence-corrected chi connectivity index (χ2v) is 4.23. The molecule has 0 unspecified atom stereocenters. The molecule has 1 fully saturated rings. The number of nitrogens with one attached hydrogen (secondary N) is 1. The molecule has 0 spiro atoms. The van der Waals surface area contributed by atoms with E-state index in [-0.39, 0.29) is 25.0 Å². The molecule has 17 heavy (non-hydrogen) atoms. The fourth-order valence-corrected chi connectivity index (χ4v) is 1.35. The van der Waals surface area contributed by atoms with Gasteiger partial charge in [-0.3, -0.25) is 9.59 Å². The zero-order chi connectivity index (χ0) is 13.0. The second-order valence-electron chi connectivity index (χ2n) is 4.23. The SMILES string of the molecule is CN(CC(=O)O)C(=O)N(C)CC(=O)NC1CC1. The molecule has 0 aromatic heterocycles. The number of urea groups is 1. The Labute approximate surface area is 99.4 Å². The minimum atomic E-state index is -1.09. The quantitative estimate of drug-likeness (QED) is 0.670. The number of hydrogen-bond donors (Lipinski definition) is 2. The minimum absolute atomic E-state index is 0.0563. The molecule has 0 aromatic rings. The van der Waals surface area contributed by atoms with E-state index in [1.54, 1.807) is 0 Å². The van der Waals surface area contributed by atoms with E-state index >= 15 is 0 Å². The van der Waals surface area contributed by atoms with Crippen LogP contribution in [-0.2, 0) is 9.59 Å². The Hall–Kier alpha value is -1.79. The van der Waals surface area contributed by atoms with Crippen molar-refractivity contribution in [2.45, 2.75) is 18.9 Å². The minimum Gasteiger partial charge on any atom is -0.480 e. The smallest absolute Gasteiger partial charge is 0.323 e. The van der Waals surface area contributed by atoms with Crippen LogP contribution in [0, 0.1) is 0 Å². The van der Waals surface area contributed by atoms with E-state index in [0.29, 0.717) is 0 Å². The summed E-state index contributed by atoms with van der Waals surface area (Å²) in [5, 5.41) is 11.3. The van der Waals surface area contributed by atoms with E-state index in [0.717, 1.165) is 17.7 Å². The molecule has 0 saturated heterocycles. The Morgan fingerprint density at radius 1 is 1.18 bits per heavy atom. The van der Waals surface area contributed by atoms with Crippen molar-refractivity contribution in [3.8, 4) is 0 Å². The first-order valence-corrected chi connectivity index (χ1v) is 5.37. The van der Waals surface area contributed by atoms with Gasteiger partial charge in [-0.15, -0.1) is 0 Å². The summed E-state index contributed by atoms with van der Waals surface area (Å²) < 4.78 is 0. The van der Waals surface area contributed by atoms with Gasteiger partial charge in [0.15, 0.2) is 0 Å². The van der Waals surface area contributed by atoms with Gasteiger partial charge >= 0.3 is 12.0 Å². The van der Waals surface area contributed by atoms with Crippen LogP contribution in [0.2, 0.25) is 0 Å². The monoisotopic (exact) mass is 243 g/mol. The maximum absolute atomic E-state index is 11.6. The summed E-state index contributed by atoms with van der Waals surface area (Å²) in [6.07, 6.45) is 1.98. The van der Waals surface area contributed by atoms with E-state index in [4.69, 9.17) is 5.11 Å². The highest BCUT2D eigenvalue weighted by Crippen LogP contribution is 2.18. The van der Waals surface area contributed by atoms with Gasteiger partial charge in [0.1, 0.15) is 13.1 Å². The van der Waals surface area contributed by atoms with E-state index in [9.17, 15) is 14.4 Å². The molecule has 1 aliphatic carbocycles. The van der Waals surface area contributed by atoms with Gasteiger partial charge in [-0.05, 0) is 12.8 Å². The third kappa shape index (κ3) is 4.71. The third-order valence-electron chi connectivity index (χ3n) is 2.35. The molecule has 96 valence electrons. The summed E-state index contributed by atoms with van der Waals surface area (Å²) in [5.41, 5.74) is 0. The Morgan fingerprint density at radius 2 is 1.71 bits per heavy atom. The van der Waals surface area contributed by atoms with Crippen LogP contribution in [-0.4, -0.2) is 66.0 Å². The van der Waals surface area contributed by atoms with Gasteiger partial charge in [0, 0.05) is 20.1 Å². The summed E-state index contributed by atoms with van der Waals surface area (Å²) >= 11 is 0. The summed E-state index contributed by atoms with van der Waals surface area (Å²) in [4.78, 5) is 35.7. The normalized spacial score (nSPS) is 14.0. The van der Waals surface area contributed by atoms with E-state index in [2.05, 4.69) is 5.32 Å². The summed E-state index contributed by atoms with van der Waals surface area (Å²) in [5.74, 6) is -1.30. The molecule has 0 atom stereocenters. The van der Waals surface area contributed by atoms with Crippen LogP contribution in [0.1, 0.15) is 12.8 Å². The van der Waals surface area contributed by atoms with Crippen molar-refractivity contribution < 1.29 is 19.5 Å². The molecule has 7 nitrogen and oxygen atoms in total. The zero-order valence-corrected chi connectivity index (χ0v) is 9.97. The van der Waals surface area contributed by atoms with Crippen molar-refractivity contribution in [2.75, 3.05) is 27.2 Å². The molecule has 2 N–H and O–H groups in total. The van der Waals surface area contributed by atoms with Crippen LogP contribution in [0.3, 0.4) is 0 Å². The lowest BCUT2D eigenvalue weighted by Crippen LogP contribution is -2.45. The number of carboxylic acid groups (broad SMARTS) is 1. The zero-order valence-electron chi connectivity index (χ0n) is 9.97. The Balaban J connectivity index is 2.33. The van der Waals surface area contributed by atoms with Gasteiger partial charge < -0.3 is 20.2 Å². The van der Waals surface area contributed by atoms with Crippen molar-refractivity contribution in [2.24, 2.45) is 0 Å². The van der Waals surface area contributed by atoms with Gasteiger partial charge in [0.05, 0.1) is 0 Å². The van der Waals surface area contributed by atoms with Gasteiger partial charge in [0.2, 0.25) is 5.91 Å². The molecule has 0 heterocycles. The van der Waals surface area contributed by atoms with Crippen molar-refractivity contribution in [3.63, 3.8) is 0 Å². The fourth-order valence-electron chi connectivity index (χ4n) is 1.35. The van der Waals surface area contributed by atoms with E-state index in [1.807, 2.05) is 0 Å². The van der Waals surface area contributed by atoms with Gasteiger partial charge in [-0.1, -0.05) is 0 Å². The standard InChI is InChI=1S/C10H17N3O4/c1-12(5-8(14)11-7-3-4-7)10(17)13(2)6-9(15)16/h7H,3-6H2,1-2H3,(H,11,14)(H,15,16). The molecule has 7 heteroatoms. The highest BCUT2D eigenvalue weighted by Gasteiger charge is 2.25. The summed E-state index contributed by atoms with van der Waals surface area (Å²) in [7, 11) is 2.85. The number of amides is 3. The lowest BCUT2D eigenvalue weighted by molar-refractivity contribution is -0.137. The fraction of sp³-hybridized carbons (Fsp3) is 0.700. The molecular weight excluding hydrogens is 226 g/mol. The molecule has 1 rings (SSSR count). The number of carbonyl (C=O) groups is 3. The first-order chi connectivity index (χ1) is 7.90. The Morgan fingerprint density at radius 3 is 2.18 bits per heavy atom. The van der Waals surface area contributed by atoms with Crippen LogP contribution >= 0.6 is 0 Å². The molecular formula is C10H17N3O4. The largest absolute Gasteiger partial charge is 0.480 e. The van der Waals surface area contributed by atoms with Crippen LogP contribution in [0.15, 0.2) is 0 Å². The number of aliphatic carboxylic acids is 1. The van der Waals surface area contributed by atoms with E-state index < -0.39 is 12.0 Å². The van der Waals surface area contributed by atoms with Crippen LogP contribution < -0.4 is 5.32 Å². The molecule has 1 aliphatic rings. The van der Waals surface area contributed by atoms with Crippen LogP contribution in [0.4, 0.5) is 4.79 Å². The van der Waals surface area contributed by atoms with Gasteiger partial charge in [-0.25, -0.2) is 4.79 Å². The van der Waals surface area contributed by atoms with Gasteiger partial charge in [-0.2, -0.15) is 0 Å². The summed E-state index contributed by atoms with van der Waals surface area (Å²) in [6.45, 7) is -0.438. The molecule has 0 radical (unpaired) electrons. The molecule has 1 saturated carbocycles. The maximum atomic E-state index is 11.6. The van der Waals surface area contributed by atoms with Crippen molar-refractivity contribution in [3.05, 3.63) is 0 Å². The Kier molecular flexibility index (Phi) is 4.30. The average Bonchev–Trinajstić information content (AvgIpc) is 2.98. The topological polar surface area (TPSA) is 90.0 Å². The molecule has 0 aromatic carbocycles. The van der Waals surface area contributed by atoms with Crippen molar-refractivity contribution in [1.82, 2.24) is 15.1 Å². The number of nitrogens with zero attached hydrogens (tertiary/aromatic N) is 2. The lowest BCUT2D eigenvalue weighted by Gasteiger charge is -2.23. The first-order valence-electron chi connectivity index (χ1n) is 5.37. The number of carboxylic acids is 1. The van der Waals surface area contributed by atoms with Gasteiger partial charge in [0.25, 0.3) is 0 Å². The van der Waals surface area contributed by atoms with Crippen molar-refractivity contribution in [1.29, 1.82) is 0 Å². The van der Waals surface area contributed by atoms with Crippen LogP contribution in [0.25, 0.3) is 0 Å². The predicted octanol–water partition coefficient (Wildman–Crippen LogP) is -0.667. The summed E-state index contributed by atoms with van der Waals surface area (Å²) in [6, 6.07) is -0.235.